The van der Waals surface area contributed by atoms with Crippen molar-refractivity contribution in [2.75, 3.05) is 18.1 Å². The average molecular weight is 424 g/mol. The van der Waals surface area contributed by atoms with Crippen molar-refractivity contribution in [1.29, 1.82) is 0 Å². The third-order valence-electron chi connectivity index (χ3n) is 3.52. The summed E-state index contributed by atoms with van der Waals surface area (Å²) in [6.07, 6.45) is 9.72. The normalized spacial score (nSPS) is 20.4. The van der Waals surface area contributed by atoms with Gasteiger partial charge in [-0.2, -0.15) is 12.6 Å². The van der Waals surface area contributed by atoms with E-state index < -0.39 is 0 Å². The van der Waals surface area contributed by atoms with E-state index in [4.69, 9.17) is 4.74 Å². The highest BCUT2D eigenvalue weighted by atomic mass is 33.1. The summed E-state index contributed by atoms with van der Waals surface area (Å²) in [4.78, 5) is 21.4. The molecule has 1 amide bonds. The molecule has 1 aliphatic carbocycles. The van der Waals surface area contributed by atoms with Crippen molar-refractivity contribution in [2.24, 2.45) is 0 Å². The first-order valence-electron chi connectivity index (χ1n) is 9.64. The van der Waals surface area contributed by atoms with Crippen LogP contribution in [0.4, 0.5) is 0 Å². The molecule has 2 rings (SSSR count). The zero-order valence-corrected chi connectivity index (χ0v) is 19.4. The summed E-state index contributed by atoms with van der Waals surface area (Å²) >= 11 is 3.88. The lowest BCUT2D eigenvalue weighted by atomic mass is 9.99. The molecule has 1 aliphatic heterocycles. The van der Waals surface area contributed by atoms with Crippen molar-refractivity contribution in [1.82, 2.24) is 5.32 Å². The van der Waals surface area contributed by atoms with E-state index in [-0.39, 0.29) is 18.0 Å². The maximum atomic E-state index is 11.3. The number of hydrogen-bond donors (Lipinski definition) is 2. The van der Waals surface area contributed by atoms with Gasteiger partial charge < -0.3 is 10.1 Å². The Morgan fingerprint density at radius 2 is 1.88 bits per heavy atom. The fraction of sp³-hybridized carbons (Fsp3) is 0.895. The Hall–Kier alpha value is -0.0100. The van der Waals surface area contributed by atoms with Crippen LogP contribution < -0.4 is 5.32 Å². The first kappa shape index (κ1) is 26.0. The van der Waals surface area contributed by atoms with Gasteiger partial charge in [0.25, 0.3) is 0 Å². The number of hydrogen-bond acceptors (Lipinski definition) is 6. The van der Waals surface area contributed by atoms with Crippen molar-refractivity contribution >= 4 is 46.1 Å². The number of unbranched alkanes of at least 4 members (excludes halogenated alkanes) is 1. The van der Waals surface area contributed by atoms with Crippen molar-refractivity contribution in [3.8, 4) is 0 Å². The SMILES string of the molecule is C1CC1.CC(=O)NCCS.CC(C)OC(=O)CCCC[C@]1(C)CCSS1. The molecule has 0 bridgehead atoms. The number of rotatable bonds is 8. The molecule has 154 valence electrons. The molecule has 0 unspecified atom stereocenters. The highest BCUT2D eigenvalue weighted by Crippen LogP contribution is 2.49. The van der Waals surface area contributed by atoms with Crippen molar-refractivity contribution in [2.45, 2.75) is 89.9 Å². The van der Waals surface area contributed by atoms with Crippen LogP contribution in [0.3, 0.4) is 0 Å². The lowest BCUT2D eigenvalue weighted by molar-refractivity contribution is -0.147. The van der Waals surface area contributed by atoms with E-state index in [2.05, 4.69) is 24.9 Å². The molecule has 0 spiro atoms. The molecule has 2 fully saturated rings. The average Bonchev–Trinajstić information content (AvgIpc) is 3.38. The summed E-state index contributed by atoms with van der Waals surface area (Å²) in [5.74, 6) is 1.94. The maximum absolute atomic E-state index is 11.3. The summed E-state index contributed by atoms with van der Waals surface area (Å²) in [5.41, 5.74) is 0. The van der Waals surface area contributed by atoms with Gasteiger partial charge >= 0.3 is 5.97 Å². The molecular weight excluding hydrogens is 386 g/mol. The molecule has 1 atom stereocenters. The predicted molar refractivity (Wildman–Crippen MR) is 119 cm³/mol. The number of esters is 1. The number of nitrogens with one attached hydrogen (secondary N) is 1. The molecule has 0 aromatic heterocycles. The first-order valence-corrected chi connectivity index (χ1v) is 12.6. The Bertz CT molecular complexity index is 381. The number of amides is 1. The molecule has 1 N–H and O–H groups in total. The van der Waals surface area contributed by atoms with E-state index in [1.807, 2.05) is 35.4 Å². The van der Waals surface area contributed by atoms with Gasteiger partial charge in [-0.1, -0.05) is 47.3 Å². The lowest BCUT2D eigenvalue weighted by Gasteiger charge is -2.20. The molecular formula is C19H37NO3S3. The lowest BCUT2D eigenvalue weighted by Crippen LogP contribution is -2.21. The number of thiol groups is 1. The predicted octanol–water partition coefficient (Wildman–Crippen LogP) is 5.26. The maximum Gasteiger partial charge on any atom is 0.306 e. The van der Waals surface area contributed by atoms with Crippen LogP contribution in [0, 0.1) is 0 Å². The van der Waals surface area contributed by atoms with E-state index in [1.165, 1.54) is 44.8 Å². The molecule has 4 nitrogen and oxygen atoms in total. The highest BCUT2D eigenvalue weighted by molar-refractivity contribution is 8.77. The zero-order chi connectivity index (χ0) is 19.8. The Balaban J connectivity index is 0.000000512. The van der Waals surface area contributed by atoms with E-state index in [0.29, 0.717) is 23.5 Å². The van der Waals surface area contributed by atoms with Gasteiger partial charge in [0.2, 0.25) is 5.91 Å². The summed E-state index contributed by atoms with van der Waals surface area (Å²) in [5, 5.41) is 2.58. The van der Waals surface area contributed by atoms with Crippen LogP contribution in [0.25, 0.3) is 0 Å². The van der Waals surface area contributed by atoms with Crippen LogP contribution in [0.2, 0.25) is 0 Å². The second kappa shape index (κ2) is 16.0. The largest absolute Gasteiger partial charge is 0.463 e. The van der Waals surface area contributed by atoms with Gasteiger partial charge in [-0.05, 0) is 40.0 Å². The molecule has 0 aromatic carbocycles. The van der Waals surface area contributed by atoms with Crippen LogP contribution in [-0.4, -0.2) is 40.8 Å². The van der Waals surface area contributed by atoms with Crippen molar-refractivity contribution in [3.63, 3.8) is 0 Å². The topological polar surface area (TPSA) is 55.4 Å². The van der Waals surface area contributed by atoms with E-state index in [9.17, 15) is 9.59 Å². The van der Waals surface area contributed by atoms with Crippen molar-refractivity contribution < 1.29 is 14.3 Å². The van der Waals surface area contributed by atoms with Gasteiger partial charge in [0.1, 0.15) is 0 Å². The molecule has 1 heterocycles. The van der Waals surface area contributed by atoms with Gasteiger partial charge in [0.15, 0.2) is 0 Å². The minimum absolute atomic E-state index is 0.00838. The van der Waals surface area contributed by atoms with Gasteiger partial charge in [-0.25, -0.2) is 0 Å². The van der Waals surface area contributed by atoms with Gasteiger partial charge in [0, 0.05) is 36.1 Å². The molecule has 1 saturated heterocycles. The molecule has 1 saturated carbocycles. The van der Waals surface area contributed by atoms with Crippen LogP contribution in [0.15, 0.2) is 0 Å². The van der Waals surface area contributed by atoms with Crippen LogP contribution in [-0.2, 0) is 14.3 Å². The summed E-state index contributed by atoms with van der Waals surface area (Å²) in [6.45, 7) is 8.28. The fourth-order valence-corrected chi connectivity index (χ4v) is 5.38. The third-order valence-corrected chi connectivity index (χ3v) is 7.10. The van der Waals surface area contributed by atoms with E-state index >= 15 is 0 Å². The Labute approximate surface area is 173 Å². The summed E-state index contributed by atoms with van der Waals surface area (Å²) in [7, 11) is 3.99. The van der Waals surface area contributed by atoms with Crippen molar-refractivity contribution in [3.05, 3.63) is 0 Å². The molecule has 2 aliphatic rings. The van der Waals surface area contributed by atoms with Crippen LogP contribution in [0.5, 0.6) is 0 Å². The number of carbonyl (C=O) groups excluding carboxylic acids is 2. The number of carbonyl (C=O) groups is 2. The number of ether oxygens (including phenoxy) is 1. The zero-order valence-electron chi connectivity index (χ0n) is 16.8. The Morgan fingerprint density at radius 1 is 1.23 bits per heavy atom. The minimum atomic E-state index is -0.0476. The molecule has 26 heavy (non-hydrogen) atoms. The molecule has 0 radical (unpaired) electrons. The minimum Gasteiger partial charge on any atom is -0.463 e. The molecule has 0 aromatic rings. The second-order valence-corrected chi connectivity index (χ2v) is 10.6. The van der Waals surface area contributed by atoms with Crippen LogP contribution in [0.1, 0.15) is 79.1 Å². The summed E-state index contributed by atoms with van der Waals surface area (Å²) in [6, 6.07) is 0. The van der Waals surface area contributed by atoms with Crippen LogP contribution >= 0.6 is 34.2 Å². The van der Waals surface area contributed by atoms with E-state index in [1.54, 1.807) is 0 Å². The van der Waals surface area contributed by atoms with Gasteiger partial charge in [0.05, 0.1) is 6.10 Å². The standard InChI is InChI=1S/C12H22O2S2.C4H9NOS.C3H6/c1-10(2)14-11(13)6-4-5-7-12(3)8-9-15-16-12;1-4(6)5-2-3-7;1-2-3-1/h10H,4-9H2,1-3H3;7H,2-3H2,1H3,(H,5,6);1-3H2/t12-;;/m1../s1. The van der Waals surface area contributed by atoms with Gasteiger partial charge in [-0.3, -0.25) is 9.59 Å². The monoisotopic (exact) mass is 423 g/mol. The fourth-order valence-electron chi connectivity index (χ4n) is 1.97. The van der Waals surface area contributed by atoms with E-state index in [0.717, 1.165) is 12.8 Å². The third kappa shape index (κ3) is 18.8. The quantitative estimate of drug-likeness (QED) is 0.241. The first-order chi connectivity index (χ1) is 12.3. The highest BCUT2D eigenvalue weighted by Gasteiger charge is 2.29. The summed E-state index contributed by atoms with van der Waals surface area (Å²) < 4.78 is 5.55. The second-order valence-electron chi connectivity index (χ2n) is 7.12. The molecule has 7 heteroatoms. The smallest absolute Gasteiger partial charge is 0.306 e. The van der Waals surface area contributed by atoms with Gasteiger partial charge in [-0.15, -0.1) is 0 Å². The Kier molecular flexibility index (Phi) is 16.0. The Morgan fingerprint density at radius 3 is 2.27 bits per heavy atom.